The van der Waals surface area contributed by atoms with Crippen molar-refractivity contribution in [2.75, 3.05) is 40.4 Å². The summed E-state index contributed by atoms with van der Waals surface area (Å²) in [4.78, 5) is 31.9. The van der Waals surface area contributed by atoms with Crippen LogP contribution in [0.2, 0.25) is 0 Å². The molecule has 1 aliphatic heterocycles. The minimum Gasteiger partial charge on any atom is -0.497 e. The highest BCUT2D eigenvalue weighted by atomic mass is 16.5. The molecule has 0 spiro atoms. The molecule has 2 aromatic rings. The van der Waals surface area contributed by atoms with E-state index in [9.17, 15) is 9.59 Å². The molecule has 1 fully saturated rings. The minimum atomic E-state index is -0.347. The fraction of sp³-hybridized carbons (Fsp3) is 0.450. The van der Waals surface area contributed by atoms with Crippen molar-refractivity contribution in [2.45, 2.75) is 19.3 Å². The van der Waals surface area contributed by atoms with Gasteiger partial charge in [0.25, 0.3) is 0 Å². The van der Waals surface area contributed by atoms with Gasteiger partial charge in [-0.2, -0.15) is 0 Å². The van der Waals surface area contributed by atoms with E-state index in [-0.39, 0.29) is 12.0 Å². The van der Waals surface area contributed by atoms with Crippen LogP contribution < -0.4 is 4.74 Å². The molecule has 0 radical (unpaired) electrons. The highest BCUT2D eigenvalue weighted by molar-refractivity contribution is 5.76. The lowest BCUT2D eigenvalue weighted by Crippen LogP contribution is -2.37. The van der Waals surface area contributed by atoms with Crippen LogP contribution in [0.25, 0.3) is 11.3 Å². The van der Waals surface area contributed by atoms with Crippen LogP contribution in [-0.4, -0.2) is 67.2 Å². The first-order valence-corrected chi connectivity index (χ1v) is 9.30. The van der Waals surface area contributed by atoms with Crippen molar-refractivity contribution >= 4 is 12.0 Å². The first kappa shape index (κ1) is 19.7. The molecule has 3 rings (SSSR count). The Labute approximate surface area is 164 Å². The number of amides is 2. The summed E-state index contributed by atoms with van der Waals surface area (Å²) in [6.07, 6.45) is 2.82. The second-order valence-electron chi connectivity index (χ2n) is 6.54. The van der Waals surface area contributed by atoms with E-state index in [0.29, 0.717) is 50.7 Å². The van der Waals surface area contributed by atoms with Crippen LogP contribution in [0, 0.1) is 0 Å². The second-order valence-corrected chi connectivity index (χ2v) is 6.54. The molecule has 0 bridgehead atoms. The predicted molar refractivity (Wildman–Crippen MR) is 102 cm³/mol. The minimum absolute atomic E-state index is 0.0379. The monoisotopic (exact) mass is 387 g/mol. The van der Waals surface area contributed by atoms with E-state index in [2.05, 4.69) is 4.98 Å². The van der Waals surface area contributed by atoms with E-state index in [1.807, 2.05) is 24.3 Å². The number of benzene rings is 1. The highest BCUT2D eigenvalue weighted by Gasteiger charge is 2.22. The maximum atomic E-state index is 12.5. The SMILES string of the molecule is COC(=O)N1CCCN(C(=O)CCc2ncc(-c3ccc(OC)cc3)o2)CC1. The van der Waals surface area contributed by atoms with Crippen LogP contribution in [0.4, 0.5) is 4.79 Å². The maximum absolute atomic E-state index is 12.5. The van der Waals surface area contributed by atoms with Gasteiger partial charge in [-0.25, -0.2) is 9.78 Å². The van der Waals surface area contributed by atoms with Crippen molar-refractivity contribution in [3.8, 4) is 17.1 Å². The lowest BCUT2D eigenvalue weighted by Gasteiger charge is -2.21. The fourth-order valence-electron chi connectivity index (χ4n) is 3.17. The van der Waals surface area contributed by atoms with E-state index in [1.54, 1.807) is 23.1 Å². The van der Waals surface area contributed by atoms with Gasteiger partial charge in [-0.3, -0.25) is 4.79 Å². The Kier molecular flexibility index (Phi) is 6.52. The van der Waals surface area contributed by atoms with Crippen LogP contribution >= 0.6 is 0 Å². The molecule has 2 heterocycles. The van der Waals surface area contributed by atoms with Gasteiger partial charge >= 0.3 is 6.09 Å². The molecular weight excluding hydrogens is 362 g/mol. The summed E-state index contributed by atoms with van der Waals surface area (Å²) in [7, 11) is 2.99. The molecule has 1 aromatic carbocycles. The molecule has 0 unspecified atom stereocenters. The molecule has 1 aromatic heterocycles. The Bertz CT molecular complexity index is 802. The molecule has 0 saturated carbocycles. The Morgan fingerprint density at radius 1 is 1.07 bits per heavy atom. The van der Waals surface area contributed by atoms with Crippen LogP contribution in [0.15, 0.2) is 34.9 Å². The van der Waals surface area contributed by atoms with Gasteiger partial charge in [0.05, 0.1) is 20.4 Å². The fourth-order valence-corrected chi connectivity index (χ4v) is 3.17. The number of nitrogens with zero attached hydrogens (tertiary/aromatic N) is 3. The van der Waals surface area contributed by atoms with Gasteiger partial charge in [0, 0.05) is 44.6 Å². The molecule has 1 aliphatic rings. The smallest absolute Gasteiger partial charge is 0.409 e. The van der Waals surface area contributed by atoms with Crippen LogP contribution in [0.3, 0.4) is 0 Å². The van der Waals surface area contributed by atoms with E-state index in [1.165, 1.54) is 7.11 Å². The summed E-state index contributed by atoms with van der Waals surface area (Å²) in [6, 6.07) is 7.52. The number of carbonyl (C=O) groups is 2. The number of aromatic nitrogens is 1. The molecular formula is C20H25N3O5. The highest BCUT2D eigenvalue weighted by Crippen LogP contribution is 2.23. The Hall–Kier alpha value is -3.03. The third kappa shape index (κ3) is 4.82. The number of ether oxygens (including phenoxy) is 2. The number of aryl methyl sites for hydroxylation is 1. The average Bonchev–Trinajstić information content (AvgIpc) is 3.07. The molecule has 0 atom stereocenters. The van der Waals surface area contributed by atoms with Gasteiger partial charge in [-0.05, 0) is 30.7 Å². The Morgan fingerprint density at radius 2 is 1.79 bits per heavy atom. The Balaban J connectivity index is 1.52. The number of carbonyl (C=O) groups excluding carboxylic acids is 2. The molecule has 2 amide bonds. The molecule has 0 aliphatic carbocycles. The summed E-state index contributed by atoms with van der Waals surface area (Å²) in [6.45, 7) is 2.23. The summed E-state index contributed by atoms with van der Waals surface area (Å²) < 4.78 is 15.7. The lowest BCUT2D eigenvalue weighted by molar-refractivity contribution is -0.131. The van der Waals surface area contributed by atoms with E-state index < -0.39 is 0 Å². The summed E-state index contributed by atoms with van der Waals surface area (Å²) in [5, 5.41) is 0. The van der Waals surface area contributed by atoms with Crippen molar-refractivity contribution < 1.29 is 23.5 Å². The summed E-state index contributed by atoms with van der Waals surface area (Å²) in [5.41, 5.74) is 0.904. The van der Waals surface area contributed by atoms with Gasteiger partial charge < -0.3 is 23.7 Å². The van der Waals surface area contributed by atoms with E-state index in [4.69, 9.17) is 13.9 Å². The van der Waals surface area contributed by atoms with Crippen molar-refractivity contribution in [2.24, 2.45) is 0 Å². The van der Waals surface area contributed by atoms with Gasteiger partial charge in [0.2, 0.25) is 5.91 Å². The third-order valence-electron chi connectivity index (χ3n) is 4.76. The summed E-state index contributed by atoms with van der Waals surface area (Å²) in [5.74, 6) is 2.01. The zero-order valence-corrected chi connectivity index (χ0v) is 16.2. The van der Waals surface area contributed by atoms with Crippen molar-refractivity contribution in [3.05, 3.63) is 36.4 Å². The standard InChI is InChI=1S/C20H25N3O5/c1-26-16-6-4-15(5-7-16)17-14-21-18(28-17)8-9-19(24)22-10-3-11-23(13-12-22)20(25)27-2/h4-7,14H,3,8-13H2,1-2H3. The quantitative estimate of drug-likeness (QED) is 0.784. The second kappa shape index (κ2) is 9.25. The number of rotatable bonds is 5. The molecule has 0 N–H and O–H groups in total. The van der Waals surface area contributed by atoms with Crippen molar-refractivity contribution in [3.63, 3.8) is 0 Å². The largest absolute Gasteiger partial charge is 0.497 e. The molecule has 1 saturated heterocycles. The first-order chi connectivity index (χ1) is 13.6. The molecule has 28 heavy (non-hydrogen) atoms. The molecule has 8 heteroatoms. The zero-order valence-electron chi connectivity index (χ0n) is 16.2. The van der Waals surface area contributed by atoms with Gasteiger partial charge in [0.1, 0.15) is 5.75 Å². The van der Waals surface area contributed by atoms with Crippen molar-refractivity contribution in [1.82, 2.24) is 14.8 Å². The first-order valence-electron chi connectivity index (χ1n) is 9.30. The average molecular weight is 387 g/mol. The van der Waals surface area contributed by atoms with Gasteiger partial charge in [0.15, 0.2) is 11.7 Å². The van der Waals surface area contributed by atoms with Crippen LogP contribution in [-0.2, 0) is 16.0 Å². The third-order valence-corrected chi connectivity index (χ3v) is 4.76. The van der Waals surface area contributed by atoms with Crippen molar-refractivity contribution in [1.29, 1.82) is 0 Å². The topological polar surface area (TPSA) is 85.1 Å². The predicted octanol–water partition coefficient (Wildman–Crippen LogP) is 2.58. The van der Waals surface area contributed by atoms with Gasteiger partial charge in [-0.1, -0.05) is 0 Å². The number of hydrogen-bond donors (Lipinski definition) is 0. The maximum Gasteiger partial charge on any atom is 0.409 e. The normalized spacial score (nSPS) is 14.5. The summed E-state index contributed by atoms with van der Waals surface area (Å²) >= 11 is 0. The Morgan fingerprint density at radius 3 is 2.50 bits per heavy atom. The van der Waals surface area contributed by atoms with Crippen LogP contribution in [0.1, 0.15) is 18.7 Å². The zero-order chi connectivity index (χ0) is 19.9. The molecule has 8 nitrogen and oxygen atoms in total. The van der Waals surface area contributed by atoms with E-state index >= 15 is 0 Å². The van der Waals surface area contributed by atoms with Crippen LogP contribution in [0.5, 0.6) is 5.75 Å². The number of methoxy groups -OCH3 is 2. The number of hydrogen-bond acceptors (Lipinski definition) is 6. The lowest BCUT2D eigenvalue weighted by atomic mass is 10.2. The van der Waals surface area contributed by atoms with E-state index in [0.717, 1.165) is 17.7 Å². The molecule has 150 valence electrons. The van der Waals surface area contributed by atoms with Gasteiger partial charge in [-0.15, -0.1) is 0 Å². The number of oxazole rings is 1.